The van der Waals surface area contributed by atoms with E-state index in [1.165, 1.54) is 0 Å². The molecule has 128 valence electrons. The van der Waals surface area contributed by atoms with Crippen LogP contribution in [-0.2, 0) is 16.1 Å². The third-order valence-electron chi connectivity index (χ3n) is 4.81. The van der Waals surface area contributed by atoms with Gasteiger partial charge in [-0.3, -0.25) is 9.59 Å². The summed E-state index contributed by atoms with van der Waals surface area (Å²) in [4.78, 5) is 25.9. The van der Waals surface area contributed by atoms with Crippen LogP contribution >= 0.6 is 0 Å². The molecule has 26 heavy (non-hydrogen) atoms. The lowest BCUT2D eigenvalue weighted by Crippen LogP contribution is -2.21. The molecule has 2 unspecified atom stereocenters. The number of Topliss-reactive ketones (excluding diaryl/α,β-unsaturated/α-hetero) is 1. The Kier molecular flexibility index (Phi) is 4.36. The van der Waals surface area contributed by atoms with Crippen LogP contribution in [0.5, 0.6) is 0 Å². The molecule has 0 aromatic heterocycles. The minimum absolute atomic E-state index is 0.0199. The smallest absolute Gasteiger partial charge is 0.314 e. The number of hydrogen-bond acceptors (Lipinski definition) is 3. The number of fused-ring (bicyclic) bond motifs is 1. The Hall–Kier alpha value is -3.20. The summed E-state index contributed by atoms with van der Waals surface area (Å²) in [6.07, 6.45) is 0. The number of ether oxygens (including phenoxy) is 1. The Morgan fingerprint density at radius 2 is 1.42 bits per heavy atom. The quantitative estimate of drug-likeness (QED) is 0.656. The van der Waals surface area contributed by atoms with Crippen LogP contribution in [0.25, 0.3) is 0 Å². The molecule has 4 rings (SSSR count). The number of carbonyl (C=O) groups is 2. The number of benzene rings is 3. The minimum atomic E-state index is -0.607. The zero-order chi connectivity index (χ0) is 17.9. The summed E-state index contributed by atoms with van der Waals surface area (Å²) in [5.74, 6) is -1.52. The third kappa shape index (κ3) is 2.92. The number of hydrogen-bond donors (Lipinski definition) is 0. The van der Waals surface area contributed by atoms with Gasteiger partial charge in [0.05, 0.1) is 11.8 Å². The highest BCUT2D eigenvalue weighted by Crippen LogP contribution is 2.44. The van der Waals surface area contributed by atoms with Gasteiger partial charge in [0.2, 0.25) is 0 Å². The van der Waals surface area contributed by atoms with Crippen molar-refractivity contribution in [3.05, 3.63) is 107 Å². The summed E-state index contributed by atoms with van der Waals surface area (Å²) in [7, 11) is 0. The first-order valence-electron chi connectivity index (χ1n) is 8.64. The van der Waals surface area contributed by atoms with Gasteiger partial charge >= 0.3 is 5.97 Å². The first kappa shape index (κ1) is 16.3. The van der Waals surface area contributed by atoms with Crippen molar-refractivity contribution in [1.29, 1.82) is 0 Å². The van der Waals surface area contributed by atoms with Gasteiger partial charge in [0, 0.05) is 5.56 Å². The SMILES string of the molecule is O=C1c2ccccc2C(C(=O)OCc2ccccc2)C1c1ccccc1. The standard InChI is InChI=1S/C23H18O3/c24-22-19-14-8-7-13-18(19)21(20(22)17-11-5-2-6-12-17)23(25)26-15-16-9-3-1-4-10-16/h1-14,20-21H,15H2. The van der Waals surface area contributed by atoms with Gasteiger partial charge in [0.15, 0.2) is 5.78 Å². The average Bonchev–Trinajstić information content (AvgIpc) is 3.00. The van der Waals surface area contributed by atoms with Crippen LogP contribution in [0.4, 0.5) is 0 Å². The maximum atomic E-state index is 13.0. The minimum Gasteiger partial charge on any atom is -0.460 e. The molecule has 3 aromatic rings. The second kappa shape index (κ2) is 6.96. The average molecular weight is 342 g/mol. The van der Waals surface area contributed by atoms with Crippen molar-refractivity contribution in [3.63, 3.8) is 0 Å². The van der Waals surface area contributed by atoms with Gasteiger partial charge in [0.25, 0.3) is 0 Å². The summed E-state index contributed by atoms with van der Waals surface area (Å²) in [6.45, 7) is 0.202. The summed E-state index contributed by atoms with van der Waals surface area (Å²) >= 11 is 0. The molecule has 0 radical (unpaired) electrons. The lowest BCUT2D eigenvalue weighted by molar-refractivity contribution is -0.147. The van der Waals surface area contributed by atoms with Gasteiger partial charge in [-0.2, -0.15) is 0 Å². The van der Waals surface area contributed by atoms with E-state index in [4.69, 9.17) is 4.74 Å². The summed E-state index contributed by atoms with van der Waals surface area (Å²) in [5.41, 5.74) is 3.14. The largest absolute Gasteiger partial charge is 0.460 e. The Labute approximate surface area is 152 Å². The van der Waals surface area contributed by atoms with Crippen LogP contribution < -0.4 is 0 Å². The van der Waals surface area contributed by atoms with Gasteiger partial charge in [-0.25, -0.2) is 0 Å². The molecule has 0 aliphatic heterocycles. The van der Waals surface area contributed by atoms with Crippen LogP contribution in [0.2, 0.25) is 0 Å². The zero-order valence-electron chi connectivity index (χ0n) is 14.2. The molecule has 0 saturated heterocycles. The van der Waals surface area contributed by atoms with Crippen molar-refractivity contribution < 1.29 is 14.3 Å². The van der Waals surface area contributed by atoms with Crippen LogP contribution in [0.3, 0.4) is 0 Å². The van der Waals surface area contributed by atoms with Crippen molar-refractivity contribution in [3.8, 4) is 0 Å². The molecule has 3 aromatic carbocycles. The van der Waals surface area contributed by atoms with Crippen molar-refractivity contribution in [2.45, 2.75) is 18.4 Å². The Bertz CT molecular complexity index is 932. The molecule has 0 bridgehead atoms. The molecule has 1 aliphatic rings. The van der Waals surface area contributed by atoms with E-state index in [1.807, 2.05) is 78.9 Å². The molecule has 0 N–H and O–H groups in total. The number of ketones is 1. The fourth-order valence-corrected chi connectivity index (χ4v) is 3.58. The van der Waals surface area contributed by atoms with Gasteiger partial charge in [-0.1, -0.05) is 84.9 Å². The highest BCUT2D eigenvalue weighted by atomic mass is 16.5. The van der Waals surface area contributed by atoms with E-state index in [-0.39, 0.29) is 18.4 Å². The molecular formula is C23H18O3. The van der Waals surface area contributed by atoms with Crippen LogP contribution in [-0.4, -0.2) is 11.8 Å². The zero-order valence-corrected chi connectivity index (χ0v) is 14.2. The van der Waals surface area contributed by atoms with Crippen molar-refractivity contribution in [1.82, 2.24) is 0 Å². The predicted molar refractivity (Wildman–Crippen MR) is 98.9 cm³/mol. The van der Waals surface area contributed by atoms with Gasteiger partial charge in [0.1, 0.15) is 6.61 Å². The van der Waals surface area contributed by atoms with E-state index >= 15 is 0 Å². The monoisotopic (exact) mass is 342 g/mol. The molecule has 0 amide bonds. The number of rotatable bonds is 4. The topological polar surface area (TPSA) is 43.4 Å². The summed E-state index contributed by atoms with van der Waals surface area (Å²) in [6, 6.07) is 26.4. The third-order valence-corrected chi connectivity index (χ3v) is 4.81. The lowest BCUT2D eigenvalue weighted by Gasteiger charge is -2.18. The van der Waals surface area contributed by atoms with E-state index < -0.39 is 11.8 Å². The first-order valence-corrected chi connectivity index (χ1v) is 8.64. The van der Waals surface area contributed by atoms with E-state index in [0.29, 0.717) is 5.56 Å². The second-order valence-corrected chi connectivity index (χ2v) is 6.41. The number of carbonyl (C=O) groups excluding carboxylic acids is 2. The predicted octanol–water partition coefficient (Wildman–Crippen LogP) is 4.49. The highest BCUT2D eigenvalue weighted by Gasteiger charge is 2.45. The van der Waals surface area contributed by atoms with Crippen molar-refractivity contribution in [2.24, 2.45) is 0 Å². The first-order chi connectivity index (χ1) is 12.8. The molecule has 1 aliphatic carbocycles. The Morgan fingerprint density at radius 1 is 0.808 bits per heavy atom. The van der Waals surface area contributed by atoms with Gasteiger partial charge in [-0.05, 0) is 16.7 Å². The normalized spacial score (nSPS) is 18.4. The molecular weight excluding hydrogens is 324 g/mol. The van der Waals surface area contributed by atoms with Crippen molar-refractivity contribution in [2.75, 3.05) is 0 Å². The molecule has 0 spiro atoms. The van der Waals surface area contributed by atoms with E-state index in [2.05, 4.69) is 0 Å². The molecule has 2 atom stereocenters. The van der Waals surface area contributed by atoms with Crippen LogP contribution in [0, 0.1) is 0 Å². The maximum Gasteiger partial charge on any atom is 0.314 e. The lowest BCUT2D eigenvalue weighted by atomic mass is 9.86. The fraction of sp³-hybridized carbons (Fsp3) is 0.130. The Balaban J connectivity index is 1.66. The second-order valence-electron chi connectivity index (χ2n) is 6.41. The molecule has 3 nitrogen and oxygen atoms in total. The fourth-order valence-electron chi connectivity index (χ4n) is 3.58. The van der Waals surface area contributed by atoms with Gasteiger partial charge in [-0.15, -0.1) is 0 Å². The highest BCUT2D eigenvalue weighted by molar-refractivity contribution is 6.10. The summed E-state index contributed by atoms with van der Waals surface area (Å²) in [5, 5.41) is 0. The van der Waals surface area contributed by atoms with E-state index in [9.17, 15) is 9.59 Å². The molecule has 3 heteroatoms. The molecule has 0 fully saturated rings. The maximum absolute atomic E-state index is 13.0. The van der Waals surface area contributed by atoms with Crippen LogP contribution in [0.15, 0.2) is 84.9 Å². The van der Waals surface area contributed by atoms with Crippen molar-refractivity contribution >= 4 is 11.8 Å². The number of esters is 1. The molecule has 0 heterocycles. The van der Waals surface area contributed by atoms with E-state index in [0.717, 1.165) is 16.7 Å². The molecule has 0 saturated carbocycles. The van der Waals surface area contributed by atoms with Gasteiger partial charge < -0.3 is 4.74 Å². The Morgan fingerprint density at radius 3 is 2.15 bits per heavy atom. The van der Waals surface area contributed by atoms with Crippen LogP contribution in [0.1, 0.15) is 38.9 Å². The summed E-state index contributed by atoms with van der Waals surface area (Å²) < 4.78 is 5.58. The van der Waals surface area contributed by atoms with E-state index in [1.54, 1.807) is 6.07 Å².